The highest BCUT2D eigenvalue weighted by molar-refractivity contribution is 6.07. The summed E-state index contributed by atoms with van der Waals surface area (Å²) >= 11 is 0. The van der Waals surface area contributed by atoms with Crippen LogP contribution < -0.4 is 11.2 Å². The van der Waals surface area contributed by atoms with E-state index in [0.29, 0.717) is 17.5 Å². The Morgan fingerprint density at radius 2 is 2.37 bits per heavy atom. The van der Waals surface area contributed by atoms with Gasteiger partial charge in [0.25, 0.3) is 0 Å². The highest BCUT2D eigenvalue weighted by Crippen LogP contribution is 2.24. The number of hydrazone groups is 1. The van der Waals surface area contributed by atoms with Crippen LogP contribution in [0.2, 0.25) is 0 Å². The molecule has 1 aromatic heterocycles. The number of carbonyl (C=O) groups excluding carboxylic acids is 1. The Balaban J connectivity index is 2.05. The third-order valence-corrected chi connectivity index (χ3v) is 3.28. The zero-order valence-electron chi connectivity index (χ0n) is 10.4. The molecule has 1 amide bonds. The largest absolute Gasteiger partial charge is 0.421 e. The topological polar surface area (TPSA) is 89.8 Å². The minimum Gasteiger partial charge on any atom is -0.421 e. The third kappa shape index (κ3) is 2.05. The van der Waals surface area contributed by atoms with Gasteiger partial charge in [-0.3, -0.25) is 4.79 Å². The summed E-state index contributed by atoms with van der Waals surface area (Å²) in [5.41, 5.74) is 14.5. The van der Waals surface area contributed by atoms with Crippen molar-refractivity contribution in [1.82, 2.24) is 16.1 Å². The average molecular weight is 256 g/mol. The van der Waals surface area contributed by atoms with Crippen LogP contribution in [-0.2, 0) is 4.79 Å². The first-order valence-electron chi connectivity index (χ1n) is 6.13. The van der Waals surface area contributed by atoms with E-state index in [0.717, 1.165) is 17.7 Å². The van der Waals surface area contributed by atoms with Gasteiger partial charge in [0.05, 0.1) is 5.71 Å². The van der Waals surface area contributed by atoms with Crippen LogP contribution in [0.3, 0.4) is 0 Å². The Bertz CT molecular complexity index is 674. The van der Waals surface area contributed by atoms with E-state index >= 15 is 0 Å². The SMILES string of the molecule is CCC1CC(=O)NN=C1c1ccc2oc([N])nc2c1. The molecular formula is C13H12N4O2. The van der Waals surface area contributed by atoms with E-state index in [4.69, 9.17) is 4.42 Å². The molecule has 1 aromatic carbocycles. The number of amides is 1. The summed E-state index contributed by atoms with van der Waals surface area (Å²) in [6.07, 6.45) is 1.28. The predicted octanol–water partition coefficient (Wildman–Crippen LogP) is 1.78. The number of rotatable bonds is 2. The highest BCUT2D eigenvalue weighted by atomic mass is 16.4. The van der Waals surface area contributed by atoms with Crippen LogP contribution in [0.1, 0.15) is 25.3 Å². The Morgan fingerprint density at radius 3 is 3.16 bits per heavy atom. The van der Waals surface area contributed by atoms with Crippen LogP contribution in [0, 0.1) is 5.92 Å². The molecule has 0 aliphatic carbocycles. The molecule has 96 valence electrons. The quantitative estimate of drug-likeness (QED) is 0.887. The Kier molecular flexibility index (Phi) is 2.70. The molecule has 0 spiro atoms. The molecule has 2 heterocycles. The first-order chi connectivity index (χ1) is 9.17. The minimum absolute atomic E-state index is 0.0595. The van der Waals surface area contributed by atoms with Crippen molar-refractivity contribution in [2.45, 2.75) is 19.8 Å². The smallest absolute Gasteiger partial charge is 0.342 e. The summed E-state index contributed by atoms with van der Waals surface area (Å²) < 4.78 is 5.02. The van der Waals surface area contributed by atoms with Crippen molar-refractivity contribution in [3.8, 4) is 0 Å². The van der Waals surface area contributed by atoms with Gasteiger partial charge in [0.1, 0.15) is 5.52 Å². The van der Waals surface area contributed by atoms with Gasteiger partial charge in [-0.25, -0.2) is 5.43 Å². The van der Waals surface area contributed by atoms with E-state index in [2.05, 4.69) is 15.5 Å². The van der Waals surface area contributed by atoms with Gasteiger partial charge in [0.2, 0.25) is 5.91 Å². The van der Waals surface area contributed by atoms with E-state index in [1.165, 1.54) is 0 Å². The molecular weight excluding hydrogens is 244 g/mol. The van der Waals surface area contributed by atoms with Gasteiger partial charge < -0.3 is 4.42 Å². The lowest BCUT2D eigenvalue weighted by atomic mass is 9.90. The summed E-state index contributed by atoms with van der Waals surface area (Å²) in [7, 11) is 0. The Morgan fingerprint density at radius 1 is 1.53 bits per heavy atom. The molecule has 6 heteroatoms. The summed E-state index contributed by atoms with van der Waals surface area (Å²) in [6.45, 7) is 2.03. The zero-order chi connectivity index (χ0) is 13.4. The highest BCUT2D eigenvalue weighted by Gasteiger charge is 2.24. The zero-order valence-corrected chi connectivity index (χ0v) is 10.4. The van der Waals surface area contributed by atoms with Crippen molar-refractivity contribution in [2.24, 2.45) is 11.0 Å². The van der Waals surface area contributed by atoms with Crippen molar-refractivity contribution >= 4 is 28.7 Å². The standard InChI is InChI=1S/C13H12N4O2/c1-2-7-6-11(18)16-17-12(7)8-3-4-10-9(5-8)15-13(14)19-10/h3-5,7H,2,6H2,1H3,(H,16,18). The maximum atomic E-state index is 11.3. The molecule has 6 nitrogen and oxygen atoms in total. The van der Waals surface area contributed by atoms with Crippen LogP contribution in [-0.4, -0.2) is 16.6 Å². The van der Waals surface area contributed by atoms with Crippen LogP contribution >= 0.6 is 0 Å². The molecule has 1 atom stereocenters. The molecule has 0 saturated carbocycles. The fourth-order valence-corrected chi connectivity index (χ4v) is 2.29. The molecule has 1 aliphatic rings. The predicted molar refractivity (Wildman–Crippen MR) is 68.9 cm³/mol. The van der Waals surface area contributed by atoms with Crippen molar-refractivity contribution in [3.05, 3.63) is 23.8 Å². The molecule has 0 fully saturated rings. The molecule has 2 radical (unpaired) electrons. The van der Waals surface area contributed by atoms with Crippen LogP contribution in [0.5, 0.6) is 0 Å². The average Bonchev–Trinajstić information content (AvgIpc) is 2.77. The third-order valence-electron chi connectivity index (χ3n) is 3.28. The van der Waals surface area contributed by atoms with Gasteiger partial charge in [-0.15, -0.1) is 0 Å². The lowest BCUT2D eigenvalue weighted by Crippen LogP contribution is -2.33. The Hall–Kier alpha value is -2.37. The van der Waals surface area contributed by atoms with E-state index in [9.17, 15) is 10.5 Å². The van der Waals surface area contributed by atoms with Crippen molar-refractivity contribution in [1.29, 1.82) is 0 Å². The second-order valence-corrected chi connectivity index (χ2v) is 4.52. The summed E-state index contributed by atoms with van der Waals surface area (Å²) in [5.74, 6) is 0.0439. The number of fused-ring (bicyclic) bond motifs is 1. The van der Waals surface area contributed by atoms with Gasteiger partial charge in [-0.1, -0.05) is 12.7 Å². The summed E-state index contributed by atoms with van der Waals surface area (Å²) in [6, 6.07) is 5.05. The molecule has 0 bridgehead atoms. The first kappa shape index (κ1) is 11.7. The fraction of sp³-hybridized carbons (Fsp3) is 0.308. The molecule has 2 aromatic rings. The second-order valence-electron chi connectivity index (χ2n) is 4.52. The van der Waals surface area contributed by atoms with E-state index in [1.54, 1.807) is 12.1 Å². The van der Waals surface area contributed by atoms with Gasteiger partial charge in [0, 0.05) is 17.9 Å². The van der Waals surface area contributed by atoms with E-state index in [1.807, 2.05) is 13.0 Å². The number of aromatic nitrogens is 1. The number of carbonyl (C=O) groups is 1. The number of benzene rings is 1. The lowest BCUT2D eigenvalue weighted by Gasteiger charge is -2.21. The van der Waals surface area contributed by atoms with Gasteiger partial charge in [0.15, 0.2) is 5.58 Å². The number of nitrogens with zero attached hydrogens (tertiary/aromatic N) is 3. The maximum Gasteiger partial charge on any atom is 0.342 e. The van der Waals surface area contributed by atoms with Crippen molar-refractivity contribution in [2.75, 3.05) is 0 Å². The lowest BCUT2D eigenvalue weighted by molar-refractivity contribution is -0.122. The molecule has 3 rings (SSSR count). The van der Waals surface area contributed by atoms with Crippen molar-refractivity contribution in [3.63, 3.8) is 0 Å². The first-order valence-corrected chi connectivity index (χ1v) is 6.13. The number of nitrogens with one attached hydrogen (secondary N) is 1. The monoisotopic (exact) mass is 256 g/mol. The van der Waals surface area contributed by atoms with Gasteiger partial charge >= 0.3 is 6.01 Å². The number of hydrogen-bond acceptors (Lipinski definition) is 4. The maximum absolute atomic E-state index is 11.3. The molecule has 1 N–H and O–H groups in total. The van der Waals surface area contributed by atoms with Gasteiger partial charge in [-0.05, 0) is 24.6 Å². The second kappa shape index (κ2) is 4.38. The summed E-state index contributed by atoms with van der Waals surface area (Å²) in [5, 5.41) is 4.14. The van der Waals surface area contributed by atoms with Crippen LogP contribution in [0.25, 0.3) is 11.1 Å². The molecule has 1 unspecified atom stereocenters. The molecule has 1 aliphatic heterocycles. The van der Waals surface area contributed by atoms with E-state index in [-0.39, 0.29) is 17.8 Å². The van der Waals surface area contributed by atoms with Crippen LogP contribution in [0.4, 0.5) is 6.01 Å². The molecule has 19 heavy (non-hydrogen) atoms. The van der Waals surface area contributed by atoms with Crippen molar-refractivity contribution < 1.29 is 9.21 Å². The normalized spacial score (nSPS) is 19.3. The fourth-order valence-electron chi connectivity index (χ4n) is 2.29. The van der Waals surface area contributed by atoms with E-state index < -0.39 is 0 Å². The summed E-state index contributed by atoms with van der Waals surface area (Å²) in [4.78, 5) is 15.2. The Labute approximate surface area is 109 Å². The number of oxazole rings is 1. The van der Waals surface area contributed by atoms with Gasteiger partial charge in [-0.2, -0.15) is 10.1 Å². The molecule has 0 saturated heterocycles. The van der Waals surface area contributed by atoms with Crippen LogP contribution in [0.15, 0.2) is 27.7 Å². The number of hydrogen-bond donors (Lipinski definition) is 1. The minimum atomic E-state index is -0.349.